The number of amides is 2. The van der Waals surface area contributed by atoms with Crippen LogP contribution >= 0.6 is 0 Å². The maximum Gasteiger partial charge on any atom is 0.257 e. The maximum absolute atomic E-state index is 15.0. The molecule has 4 atom stereocenters. The first-order chi connectivity index (χ1) is 20.5. The van der Waals surface area contributed by atoms with Crippen LogP contribution < -0.4 is 10.6 Å². The summed E-state index contributed by atoms with van der Waals surface area (Å²) in [5.74, 6) is -0.794. The summed E-state index contributed by atoms with van der Waals surface area (Å²) in [6.45, 7) is 11.0. The first-order valence-electron chi connectivity index (χ1n) is 15.8. The second-order valence-corrected chi connectivity index (χ2v) is 13.7. The first-order valence-corrected chi connectivity index (χ1v) is 15.8. The number of aryl methyl sites for hydroxylation is 1. The Morgan fingerprint density at radius 3 is 2.35 bits per heavy atom. The van der Waals surface area contributed by atoms with Crippen LogP contribution in [0.5, 0.6) is 0 Å². The molecule has 0 spiro atoms. The smallest absolute Gasteiger partial charge is 0.257 e. The highest BCUT2D eigenvalue weighted by molar-refractivity contribution is 5.98. The second kappa shape index (κ2) is 12.9. The van der Waals surface area contributed by atoms with Gasteiger partial charge in [0.25, 0.3) is 5.91 Å². The molecule has 2 N–H and O–H groups in total. The van der Waals surface area contributed by atoms with Crippen LogP contribution in [0, 0.1) is 24.6 Å². The third-order valence-electron chi connectivity index (χ3n) is 9.22. The molecule has 2 amide bonds. The summed E-state index contributed by atoms with van der Waals surface area (Å²) in [7, 11) is 0. The number of hydrogen-bond acceptors (Lipinski definition) is 3. The lowest BCUT2D eigenvalue weighted by Crippen LogP contribution is -2.46. The molecule has 1 heterocycles. The number of nitrogens with one attached hydrogen (secondary N) is 2. The molecule has 1 aliphatic heterocycles. The molecule has 1 saturated heterocycles. The molecule has 3 aromatic carbocycles. The van der Waals surface area contributed by atoms with Gasteiger partial charge in [0.1, 0.15) is 5.82 Å². The van der Waals surface area contributed by atoms with Gasteiger partial charge in [-0.15, -0.1) is 0 Å². The van der Waals surface area contributed by atoms with Crippen LogP contribution in [0.2, 0.25) is 0 Å². The molecule has 2 fully saturated rings. The number of benzene rings is 3. The summed E-state index contributed by atoms with van der Waals surface area (Å²) in [4.78, 5) is 29.7. The van der Waals surface area contributed by atoms with Gasteiger partial charge in [-0.05, 0) is 91.0 Å². The summed E-state index contributed by atoms with van der Waals surface area (Å²) in [6.07, 6.45) is 6.14. The molecule has 2 aliphatic rings. The van der Waals surface area contributed by atoms with Gasteiger partial charge in [-0.1, -0.05) is 76.9 Å². The van der Waals surface area contributed by atoms with Crippen LogP contribution in [-0.4, -0.2) is 29.3 Å². The molecule has 3 aromatic rings. The topological polar surface area (TPSA) is 61.4 Å². The van der Waals surface area contributed by atoms with Gasteiger partial charge in [0.05, 0.1) is 17.5 Å². The van der Waals surface area contributed by atoms with Crippen molar-refractivity contribution in [2.75, 3.05) is 17.2 Å². The number of anilines is 2. The van der Waals surface area contributed by atoms with E-state index in [0.29, 0.717) is 31.0 Å². The Morgan fingerprint density at radius 1 is 0.907 bits per heavy atom. The van der Waals surface area contributed by atoms with Crippen LogP contribution in [-0.2, 0) is 10.2 Å². The highest BCUT2D eigenvalue weighted by Gasteiger charge is 2.40. The summed E-state index contributed by atoms with van der Waals surface area (Å²) in [5, 5.41) is 6.84. The number of carbonyl (C=O) groups excluding carboxylic acids is 2. The Morgan fingerprint density at radius 2 is 1.65 bits per heavy atom. The fraction of sp³-hybridized carbons (Fsp3) is 0.459. The molecule has 228 valence electrons. The maximum atomic E-state index is 15.0. The highest BCUT2D eigenvalue weighted by atomic mass is 19.1. The van der Waals surface area contributed by atoms with Crippen molar-refractivity contribution in [2.45, 2.75) is 90.6 Å². The van der Waals surface area contributed by atoms with Crippen LogP contribution in [0.25, 0.3) is 0 Å². The van der Waals surface area contributed by atoms with E-state index in [1.807, 2.05) is 30.3 Å². The summed E-state index contributed by atoms with van der Waals surface area (Å²) < 4.78 is 15.0. The molecule has 6 heteroatoms. The van der Waals surface area contributed by atoms with E-state index in [9.17, 15) is 9.59 Å². The number of likely N-dealkylation sites (tertiary alicyclic amines) is 1. The minimum atomic E-state index is -0.532. The Balaban J connectivity index is 1.46. The Kier molecular flexibility index (Phi) is 9.24. The van der Waals surface area contributed by atoms with Crippen LogP contribution in [0.4, 0.5) is 15.8 Å². The van der Waals surface area contributed by atoms with Gasteiger partial charge in [0.15, 0.2) is 0 Å². The SMILES string of the molecule is Cc1cccc(F)c1C(=O)N1CCC[C@H](C(=O)Nc2cccc(C(C)(C)C)c2)[C@@H]1c1ccc(NC2CCC[C@@H](C)C2)cc1. The number of hydrogen-bond donors (Lipinski definition) is 2. The molecule has 5 nitrogen and oxygen atoms in total. The zero-order valence-corrected chi connectivity index (χ0v) is 26.3. The van der Waals surface area contributed by atoms with E-state index in [1.54, 1.807) is 24.0 Å². The van der Waals surface area contributed by atoms with E-state index in [4.69, 9.17) is 0 Å². The van der Waals surface area contributed by atoms with Gasteiger partial charge in [-0.3, -0.25) is 9.59 Å². The van der Waals surface area contributed by atoms with Crippen molar-refractivity contribution in [3.05, 3.63) is 94.8 Å². The van der Waals surface area contributed by atoms with Gasteiger partial charge < -0.3 is 15.5 Å². The molecule has 0 aromatic heterocycles. The van der Waals surface area contributed by atoms with Gasteiger partial charge in [-0.25, -0.2) is 4.39 Å². The van der Waals surface area contributed by atoms with Crippen LogP contribution in [0.1, 0.15) is 99.3 Å². The van der Waals surface area contributed by atoms with E-state index in [1.165, 1.54) is 18.9 Å². The van der Waals surface area contributed by atoms with Crippen molar-refractivity contribution >= 4 is 23.2 Å². The molecule has 0 bridgehead atoms. The fourth-order valence-electron chi connectivity index (χ4n) is 6.83. The Bertz CT molecular complexity index is 1420. The molecule has 0 radical (unpaired) electrons. The molecular weight excluding hydrogens is 537 g/mol. The normalized spacial score (nSPS) is 22.6. The number of halogens is 1. The van der Waals surface area contributed by atoms with E-state index >= 15 is 4.39 Å². The van der Waals surface area contributed by atoms with Crippen molar-refractivity contribution in [3.8, 4) is 0 Å². The van der Waals surface area contributed by atoms with E-state index in [2.05, 4.69) is 56.5 Å². The van der Waals surface area contributed by atoms with E-state index in [-0.39, 0.29) is 22.8 Å². The summed E-state index contributed by atoms with van der Waals surface area (Å²) >= 11 is 0. The molecule has 1 unspecified atom stereocenters. The summed E-state index contributed by atoms with van der Waals surface area (Å²) in [6, 6.07) is 20.8. The van der Waals surface area contributed by atoms with Crippen molar-refractivity contribution in [2.24, 2.45) is 11.8 Å². The average Bonchev–Trinajstić information content (AvgIpc) is 2.97. The third kappa shape index (κ3) is 7.11. The lowest BCUT2D eigenvalue weighted by Gasteiger charge is -2.41. The van der Waals surface area contributed by atoms with E-state index < -0.39 is 17.8 Å². The van der Waals surface area contributed by atoms with Gasteiger partial charge >= 0.3 is 0 Å². The molecule has 1 aliphatic carbocycles. The lowest BCUT2D eigenvalue weighted by molar-refractivity contribution is -0.123. The zero-order chi connectivity index (χ0) is 30.7. The minimum Gasteiger partial charge on any atom is -0.382 e. The van der Waals surface area contributed by atoms with Gasteiger partial charge in [-0.2, -0.15) is 0 Å². The van der Waals surface area contributed by atoms with Crippen molar-refractivity contribution in [3.63, 3.8) is 0 Å². The molecule has 5 rings (SSSR count). The van der Waals surface area contributed by atoms with Crippen molar-refractivity contribution in [1.82, 2.24) is 4.90 Å². The number of nitrogens with zero attached hydrogens (tertiary/aromatic N) is 1. The quantitative estimate of drug-likeness (QED) is 0.305. The van der Waals surface area contributed by atoms with Crippen LogP contribution in [0.3, 0.4) is 0 Å². The number of piperidine rings is 1. The van der Waals surface area contributed by atoms with Crippen molar-refractivity contribution < 1.29 is 14.0 Å². The molecule has 43 heavy (non-hydrogen) atoms. The Hall–Kier alpha value is -3.67. The number of rotatable bonds is 6. The fourth-order valence-corrected chi connectivity index (χ4v) is 6.83. The highest BCUT2D eigenvalue weighted by Crippen LogP contribution is 2.39. The average molecular weight is 584 g/mol. The summed E-state index contributed by atoms with van der Waals surface area (Å²) in [5.41, 5.74) is 4.42. The molecular formula is C37H46FN3O2. The zero-order valence-electron chi connectivity index (χ0n) is 26.3. The molecule has 1 saturated carbocycles. The van der Waals surface area contributed by atoms with Gasteiger partial charge in [0, 0.05) is 24.0 Å². The monoisotopic (exact) mass is 583 g/mol. The number of carbonyl (C=O) groups is 2. The lowest BCUT2D eigenvalue weighted by atomic mass is 9.83. The Labute approximate surface area is 256 Å². The standard InChI is InChI=1S/C37H46FN3O2/c1-24-10-6-13-29(22-24)39-28-19-17-26(18-20-28)34-31(35(42)40-30-14-8-12-27(23-30)37(3,4)5)15-9-21-41(34)36(43)33-25(2)11-7-16-32(33)38/h7-8,11-12,14,16-20,23-24,29,31,34,39H,6,9-10,13,15,21-22H2,1-5H3,(H,40,42)/t24-,29?,31+,34+/m1/s1. The van der Waals surface area contributed by atoms with Crippen LogP contribution in [0.15, 0.2) is 66.7 Å². The third-order valence-corrected chi connectivity index (χ3v) is 9.22. The minimum absolute atomic E-state index is 0.0552. The second-order valence-electron chi connectivity index (χ2n) is 13.7. The van der Waals surface area contributed by atoms with Gasteiger partial charge in [0.2, 0.25) is 5.91 Å². The van der Waals surface area contributed by atoms with E-state index in [0.717, 1.165) is 41.3 Å². The van der Waals surface area contributed by atoms with Crippen molar-refractivity contribution in [1.29, 1.82) is 0 Å². The predicted octanol–water partition coefficient (Wildman–Crippen LogP) is 8.65. The predicted molar refractivity (Wildman–Crippen MR) is 173 cm³/mol. The largest absolute Gasteiger partial charge is 0.382 e. The first kappa shape index (κ1) is 30.8.